The van der Waals surface area contributed by atoms with E-state index in [1.807, 2.05) is 6.07 Å². The van der Waals surface area contributed by atoms with Crippen LogP contribution in [0.2, 0.25) is 0 Å². The van der Waals surface area contributed by atoms with Crippen LogP contribution in [0, 0.1) is 5.92 Å². The minimum Gasteiger partial charge on any atom is -0.496 e. The molecule has 0 aliphatic heterocycles. The topological polar surface area (TPSA) is 30.5 Å². The third-order valence-corrected chi connectivity index (χ3v) is 3.41. The maximum Gasteiger partial charge on any atom is 0.124 e. The van der Waals surface area contributed by atoms with Crippen LogP contribution in [0.15, 0.2) is 18.2 Å². The van der Waals surface area contributed by atoms with Crippen molar-refractivity contribution >= 4 is 0 Å². The third kappa shape index (κ3) is 4.84. The molecule has 0 bridgehead atoms. The molecule has 0 atom stereocenters. The summed E-state index contributed by atoms with van der Waals surface area (Å²) >= 11 is 0. The summed E-state index contributed by atoms with van der Waals surface area (Å²) in [5.41, 5.74) is 2.44. The van der Waals surface area contributed by atoms with Gasteiger partial charge in [-0.2, -0.15) is 0 Å². The van der Waals surface area contributed by atoms with E-state index in [0.29, 0.717) is 6.61 Å². The first-order valence-corrected chi connectivity index (χ1v) is 7.27. The lowest BCUT2D eigenvalue weighted by molar-refractivity contribution is 0.109. The van der Waals surface area contributed by atoms with Crippen molar-refractivity contribution in [3.8, 4) is 5.75 Å². The first-order chi connectivity index (χ1) is 9.33. The van der Waals surface area contributed by atoms with Crippen molar-refractivity contribution in [3.63, 3.8) is 0 Å². The van der Waals surface area contributed by atoms with Crippen LogP contribution in [0.25, 0.3) is 0 Å². The predicted molar refractivity (Wildman–Crippen MR) is 77.4 cm³/mol. The molecular formula is C16H25NO2. The second-order valence-electron chi connectivity index (χ2n) is 5.28. The quantitative estimate of drug-likeness (QED) is 0.694. The second-order valence-corrected chi connectivity index (χ2v) is 5.28. The van der Waals surface area contributed by atoms with Gasteiger partial charge in [0, 0.05) is 18.7 Å². The summed E-state index contributed by atoms with van der Waals surface area (Å²) < 4.78 is 11.2. The van der Waals surface area contributed by atoms with Crippen molar-refractivity contribution < 1.29 is 9.47 Å². The molecule has 0 aromatic heterocycles. The van der Waals surface area contributed by atoms with Crippen molar-refractivity contribution in [1.82, 2.24) is 5.32 Å². The molecule has 1 aromatic carbocycles. The van der Waals surface area contributed by atoms with E-state index >= 15 is 0 Å². The Kier molecular flexibility index (Phi) is 5.67. The lowest BCUT2D eigenvalue weighted by atomic mass is 10.1. The fourth-order valence-corrected chi connectivity index (χ4v) is 2.08. The van der Waals surface area contributed by atoms with Crippen LogP contribution >= 0.6 is 0 Å². The number of nitrogens with one attached hydrogen (secondary N) is 1. The molecule has 0 spiro atoms. The highest BCUT2D eigenvalue weighted by molar-refractivity contribution is 5.36. The molecule has 1 aliphatic rings. The van der Waals surface area contributed by atoms with Gasteiger partial charge < -0.3 is 14.8 Å². The molecule has 0 amide bonds. The highest BCUT2D eigenvalue weighted by atomic mass is 16.5. The average Bonchev–Trinajstić information content (AvgIpc) is 3.24. The van der Waals surface area contributed by atoms with E-state index in [1.54, 1.807) is 7.11 Å². The molecule has 0 heterocycles. The van der Waals surface area contributed by atoms with Gasteiger partial charge in [-0.3, -0.25) is 0 Å². The van der Waals surface area contributed by atoms with Gasteiger partial charge in [-0.05, 0) is 49.4 Å². The van der Waals surface area contributed by atoms with Crippen LogP contribution in [-0.4, -0.2) is 20.3 Å². The fourth-order valence-electron chi connectivity index (χ4n) is 2.08. The number of benzene rings is 1. The fraction of sp³-hybridized carbons (Fsp3) is 0.625. The largest absolute Gasteiger partial charge is 0.496 e. The molecule has 2 rings (SSSR count). The minimum absolute atomic E-state index is 0.654. The minimum atomic E-state index is 0.654. The maximum atomic E-state index is 5.77. The summed E-state index contributed by atoms with van der Waals surface area (Å²) in [6, 6.07) is 6.35. The zero-order chi connectivity index (χ0) is 13.5. The molecular weight excluding hydrogens is 238 g/mol. The summed E-state index contributed by atoms with van der Waals surface area (Å²) in [5, 5.41) is 3.42. The second kappa shape index (κ2) is 7.51. The SMILES string of the molecule is CCCNCc1ccc(OC)c(COCC2CC2)c1. The molecule has 1 aliphatic carbocycles. The Morgan fingerprint density at radius 1 is 1.32 bits per heavy atom. The first-order valence-electron chi connectivity index (χ1n) is 7.27. The van der Waals surface area contributed by atoms with E-state index in [0.717, 1.165) is 43.3 Å². The van der Waals surface area contributed by atoms with E-state index < -0.39 is 0 Å². The predicted octanol–water partition coefficient (Wildman–Crippen LogP) is 3.12. The first kappa shape index (κ1) is 14.4. The molecule has 1 fully saturated rings. The van der Waals surface area contributed by atoms with Gasteiger partial charge in [0.25, 0.3) is 0 Å². The lowest BCUT2D eigenvalue weighted by Gasteiger charge is -2.12. The van der Waals surface area contributed by atoms with E-state index in [4.69, 9.17) is 9.47 Å². The summed E-state index contributed by atoms with van der Waals surface area (Å²) in [6.07, 6.45) is 3.82. The van der Waals surface area contributed by atoms with E-state index in [1.165, 1.54) is 18.4 Å². The molecule has 1 N–H and O–H groups in total. The number of hydrogen-bond donors (Lipinski definition) is 1. The van der Waals surface area contributed by atoms with E-state index in [9.17, 15) is 0 Å². The van der Waals surface area contributed by atoms with Crippen LogP contribution in [0.3, 0.4) is 0 Å². The summed E-state index contributed by atoms with van der Waals surface area (Å²) in [6.45, 7) is 5.69. The number of hydrogen-bond acceptors (Lipinski definition) is 3. The van der Waals surface area contributed by atoms with Gasteiger partial charge in [-0.15, -0.1) is 0 Å². The molecule has 0 saturated heterocycles. The Morgan fingerprint density at radius 3 is 2.84 bits per heavy atom. The standard InChI is InChI=1S/C16H25NO2/c1-3-8-17-10-14-6-7-16(18-2)15(9-14)12-19-11-13-4-5-13/h6-7,9,13,17H,3-5,8,10-12H2,1-2H3. The maximum absolute atomic E-state index is 5.77. The smallest absolute Gasteiger partial charge is 0.124 e. The normalized spacial score (nSPS) is 14.6. The van der Waals surface area contributed by atoms with E-state index in [2.05, 4.69) is 24.4 Å². The monoisotopic (exact) mass is 263 g/mol. The van der Waals surface area contributed by atoms with Crippen molar-refractivity contribution in [2.75, 3.05) is 20.3 Å². The lowest BCUT2D eigenvalue weighted by Crippen LogP contribution is -2.14. The van der Waals surface area contributed by atoms with Crippen LogP contribution in [-0.2, 0) is 17.9 Å². The Labute approximate surface area is 116 Å². The number of ether oxygens (including phenoxy) is 2. The zero-order valence-electron chi connectivity index (χ0n) is 12.1. The molecule has 0 unspecified atom stereocenters. The Morgan fingerprint density at radius 2 is 2.16 bits per heavy atom. The van der Waals surface area contributed by atoms with Crippen molar-refractivity contribution in [2.24, 2.45) is 5.92 Å². The van der Waals surface area contributed by atoms with Gasteiger partial charge in [0.15, 0.2) is 0 Å². The van der Waals surface area contributed by atoms with Gasteiger partial charge in [0.1, 0.15) is 5.75 Å². The van der Waals surface area contributed by atoms with Crippen molar-refractivity contribution in [1.29, 1.82) is 0 Å². The van der Waals surface area contributed by atoms with Crippen LogP contribution in [0.5, 0.6) is 5.75 Å². The highest BCUT2D eigenvalue weighted by Crippen LogP contribution is 2.29. The van der Waals surface area contributed by atoms with Gasteiger partial charge in [0.2, 0.25) is 0 Å². The zero-order valence-corrected chi connectivity index (χ0v) is 12.1. The Hall–Kier alpha value is -1.06. The van der Waals surface area contributed by atoms with Gasteiger partial charge in [-0.1, -0.05) is 13.0 Å². The van der Waals surface area contributed by atoms with Crippen LogP contribution in [0.1, 0.15) is 37.3 Å². The molecule has 1 saturated carbocycles. The average molecular weight is 263 g/mol. The molecule has 3 heteroatoms. The molecule has 106 valence electrons. The Bertz CT molecular complexity index is 388. The molecule has 3 nitrogen and oxygen atoms in total. The molecule has 1 aromatic rings. The van der Waals surface area contributed by atoms with Gasteiger partial charge in [0.05, 0.1) is 13.7 Å². The van der Waals surface area contributed by atoms with Gasteiger partial charge in [-0.25, -0.2) is 0 Å². The van der Waals surface area contributed by atoms with Crippen molar-refractivity contribution in [2.45, 2.75) is 39.3 Å². The molecule has 0 radical (unpaired) electrons. The van der Waals surface area contributed by atoms with Crippen molar-refractivity contribution in [3.05, 3.63) is 29.3 Å². The van der Waals surface area contributed by atoms with Crippen LogP contribution in [0.4, 0.5) is 0 Å². The highest BCUT2D eigenvalue weighted by Gasteiger charge is 2.21. The summed E-state index contributed by atoms with van der Waals surface area (Å²) in [7, 11) is 1.72. The van der Waals surface area contributed by atoms with Crippen LogP contribution < -0.4 is 10.1 Å². The van der Waals surface area contributed by atoms with E-state index in [-0.39, 0.29) is 0 Å². The number of rotatable bonds is 9. The third-order valence-electron chi connectivity index (χ3n) is 3.41. The Balaban J connectivity index is 1.89. The molecule has 19 heavy (non-hydrogen) atoms. The summed E-state index contributed by atoms with van der Waals surface area (Å²) in [4.78, 5) is 0. The number of methoxy groups -OCH3 is 1. The summed E-state index contributed by atoms with van der Waals surface area (Å²) in [5.74, 6) is 1.73. The van der Waals surface area contributed by atoms with Gasteiger partial charge >= 0.3 is 0 Å².